The number of aromatic nitrogens is 1. The number of rotatable bonds is 4. The minimum Gasteiger partial charge on any atom is -0.351 e. The molecule has 2 rings (SSSR count). The maximum absolute atomic E-state index is 11.6. The Balaban J connectivity index is 1.83. The predicted octanol–water partition coefficient (Wildman–Crippen LogP) is 2.26. The number of nitrogens with one attached hydrogen (secondary N) is 1. The van der Waals surface area contributed by atoms with Crippen LogP contribution in [0.15, 0.2) is 18.3 Å². The molecule has 1 aliphatic carbocycles. The van der Waals surface area contributed by atoms with Crippen LogP contribution in [0.1, 0.15) is 29.8 Å². The van der Waals surface area contributed by atoms with E-state index in [-0.39, 0.29) is 5.91 Å². The largest absolute Gasteiger partial charge is 0.351 e. The molecule has 0 atom stereocenters. The minimum atomic E-state index is -0.141. The van der Waals surface area contributed by atoms with Gasteiger partial charge in [-0.2, -0.15) is 0 Å². The molecule has 1 aliphatic rings. The molecule has 1 aromatic rings. The van der Waals surface area contributed by atoms with Crippen molar-refractivity contribution in [2.24, 2.45) is 5.92 Å². The number of carbonyl (C=O) groups excluding carboxylic acids is 1. The van der Waals surface area contributed by atoms with Crippen LogP contribution in [0.5, 0.6) is 0 Å². The average Bonchev–Trinajstić information content (AvgIpc) is 3.01. The van der Waals surface area contributed by atoms with Crippen LogP contribution in [0.2, 0.25) is 5.02 Å². The second-order valence-corrected chi connectivity index (χ2v) is 4.28. The number of carbonyl (C=O) groups is 1. The molecule has 0 radical (unpaired) electrons. The van der Waals surface area contributed by atoms with Crippen molar-refractivity contribution in [1.82, 2.24) is 10.3 Å². The van der Waals surface area contributed by atoms with E-state index >= 15 is 0 Å². The molecule has 15 heavy (non-hydrogen) atoms. The Kier molecular flexibility index (Phi) is 3.21. The molecule has 4 heteroatoms. The van der Waals surface area contributed by atoms with Gasteiger partial charge in [-0.05, 0) is 24.5 Å². The van der Waals surface area contributed by atoms with Crippen molar-refractivity contribution < 1.29 is 4.79 Å². The van der Waals surface area contributed by atoms with Crippen LogP contribution in [0.4, 0.5) is 0 Å². The van der Waals surface area contributed by atoms with E-state index in [9.17, 15) is 4.79 Å². The van der Waals surface area contributed by atoms with Crippen LogP contribution in [0.3, 0.4) is 0 Å². The molecule has 0 unspecified atom stereocenters. The van der Waals surface area contributed by atoms with Crippen molar-refractivity contribution in [3.05, 3.63) is 29.0 Å². The lowest BCUT2D eigenvalue weighted by Gasteiger charge is -2.03. The SMILES string of the molecule is O=C(NCCC1CC1)c1cc(Cl)ccn1. The van der Waals surface area contributed by atoms with Crippen molar-refractivity contribution in [1.29, 1.82) is 0 Å². The number of pyridine rings is 1. The van der Waals surface area contributed by atoms with E-state index in [1.807, 2.05) is 0 Å². The molecule has 0 aromatic carbocycles. The lowest BCUT2D eigenvalue weighted by atomic mass is 10.3. The zero-order valence-electron chi connectivity index (χ0n) is 8.37. The quantitative estimate of drug-likeness (QED) is 0.853. The van der Waals surface area contributed by atoms with Crippen LogP contribution in [0.25, 0.3) is 0 Å². The third-order valence-corrected chi connectivity index (χ3v) is 2.72. The fourth-order valence-electron chi connectivity index (χ4n) is 1.42. The summed E-state index contributed by atoms with van der Waals surface area (Å²) in [6.45, 7) is 0.734. The fraction of sp³-hybridized carbons (Fsp3) is 0.455. The average molecular weight is 225 g/mol. The smallest absolute Gasteiger partial charge is 0.269 e. The highest BCUT2D eigenvalue weighted by atomic mass is 35.5. The van der Waals surface area contributed by atoms with Crippen molar-refractivity contribution in [3.8, 4) is 0 Å². The Labute approximate surface area is 93.8 Å². The summed E-state index contributed by atoms with van der Waals surface area (Å²) in [6, 6.07) is 3.23. The van der Waals surface area contributed by atoms with Crippen LogP contribution in [-0.2, 0) is 0 Å². The van der Waals surface area contributed by atoms with Gasteiger partial charge in [0.25, 0.3) is 5.91 Å². The molecule has 0 bridgehead atoms. The predicted molar refractivity (Wildman–Crippen MR) is 58.9 cm³/mol. The molecule has 3 nitrogen and oxygen atoms in total. The fourth-order valence-corrected chi connectivity index (χ4v) is 1.58. The normalized spacial score (nSPS) is 15.0. The Bertz CT molecular complexity index is 363. The van der Waals surface area contributed by atoms with E-state index < -0.39 is 0 Å². The Morgan fingerprint density at radius 2 is 2.40 bits per heavy atom. The first-order chi connectivity index (χ1) is 7.25. The maximum Gasteiger partial charge on any atom is 0.269 e. The zero-order valence-corrected chi connectivity index (χ0v) is 9.13. The molecule has 80 valence electrons. The van der Waals surface area contributed by atoms with Gasteiger partial charge in [-0.15, -0.1) is 0 Å². The molecule has 0 saturated heterocycles. The molecule has 1 saturated carbocycles. The van der Waals surface area contributed by atoms with Gasteiger partial charge < -0.3 is 5.32 Å². The van der Waals surface area contributed by atoms with Gasteiger partial charge in [0.2, 0.25) is 0 Å². The highest BCUT2D eigenvalue weighted by Crippen LogP contribution is 2.31. The Hall–Kier alpha value is -1.09. The molecule has 1 heterocycles. The van der Waals surface area contributed by atoms with E-state index in [1.165, 1.54) is 19.0 Å². The van der Waals surface area contributed by atoms with Gasteiger partial charge in [-0.25, -0.2) is 0 Å². The van der Waals surface area contributed by atoms with Gasteiger partial charge >= 0.3 is 0 Å². The van der Waals surface area contributed by atoms with Crippen molar-refractivity contribution in [2.45, 2.75) is 19.3 Å². The van der Waals surface area contributed by atoms with Crippen LogP contribution >= 0.6 is 11.6 Å². The number of nitrogens with zero attached hydrogens (tertiary/aromatic N) is 1. The summed E-state index contributed by atoms with van der Waals surface area (Å²) in [5.41, 5.74) is 0.387. The first-order valence-corrected chi connectivity index (χ1v) is 5.53. The standard InChI is InChI=1S/C11H13ClN2O/c12-9-4-6-13-10(7-9)11(15)14-5-3-8-1-2-8/h4,6-8H,1-3,5H2,(H,14,15). The number of hydrogen-bond acceptors (Lipinski definition) is 2. The monoisotopic (exact) mass is 224 g/mol. The van der Waals surface area contributed by atoms with Crippen LogP contribution in [0, 0.1) is 5.92 Å². The molecule has 1 amide bonds. The van der Waals surface area contributed by atoms with Crippen molar-refractivity contribution in [2.75, 3.05) is 6.54 Å². The highest BCUT2D eigenvalue weighted by Gasteiger charge is 2.20. The summed E-state index contributed by atoms with van der Waals surface area (Å²) in [5.74, 6) is 0.691. The summed E-state index contributed by atoms with van der Waals surface area (Å²) in [7, 11) is 0. The molecule has 0 spiro atoms. The van der Waals surface area contributed by atoms with Crippen LogP contribution < -0.4 is 5.32 Å². The van der Waals surface area contributed by atoms with Gasteiger partial charge in [0.05, 0.1) is 0 Å². The Morgan fingerprint density at radius 1 is 1.60 bits per heavy atom. The number of hydrogen-bond donors (Lipinski definition) is 1. The highest BCUT2D eigenvalue weighted by molar-refractivity contribution is 6.30. The summed E-state index contributed by atoms with van der Waals surface area (Å²) in [4.78, 5) is 15.5. The zero-order chi connectivity index (χ0) is 10.7. The van der Waals surface area contributed by atoms with Gasteiger partial charge in [0, 0.05) is 17.8 Å². The topological polar surface area (TPSA) is 42.0 Å². The van der Waals surface area contributed by atoms with Gasteiger partial charge in [0.15, 0.2) is 0 Å². The maximum atomic E-state index is 11.6. The van der Waals surface area contributed by atoms with Crippen molar-refractivity contribution in [3.63, 3.8) is 0 Å². The molecule has 0 aliphatic heterocycles. The molecule has 1 aromatic heterocycles. The van der Waals surface area contributed by atoms with Gasteiger partial charge in [0.1, 0.15) is 5.69 Å². The second-order valence-electron chi connectivity index (χ2n) is 3.85. The molecular formula is C11H13ClN2O. The lowest BCUT2D eigenvalue weighted by Crippen LogP contribution is -2.25. The first kappa shape index (κ1) is 10.4. The van der Waals surface area contributed by atoms with E-state index in [2.05, 4.69) is 10.3 Å². The summed E-state index contributed by atoms with van der Waals surface area (Å²) < 4.78 is 0. The van der Waals surface area contributed by atoms with Gasteiger partial charge in [-0.3, -0.25) is 9.78 Å². The molecule has 1 fully saturated rings. The van der Waals surface area contributed by atoms with Crippen LogP contribution in [-0.4, -0.2) is 17.4 Å². The second kappa shape index (κ2) is 4.62. The minimum absolute atomic E-state index is 0.141. The first-order valence-electron chi connectivity index (χ1n) is 5.15. The summed E-state index contributed by atoms with van der Waals surface area (Å²) >= 11 is 5.76. The summed E-state index contributed by atoms with van der Waals surface area (Å²) in [6.07, 6.45) is 5.24. The molecular weight excluding hydrogens is 212 g/mol. The lowest BCUT2D eigenvalue weighted by molar-refractivity contribution is 0.0947. The third-order valence-electron chi connectivity index (χ3n) is 2.49. The van der Waals surface area contributed by atoms with E-state index in [0.29, 0.717) is 10.7 Å². The van der Waals surface area contributed by atoms with Crippen molar-refractivity contribution >= 4 is 17.5 Å². The number of amides is 1. The number of halogens is 1. The van der Waals surface area contributed by atoms with E-state index in [0.717, 1.165) is 18.9 Å². The Morgan fingerprint density at radius 3 is 3.07 bits per heavy atom. The van der Waals surface area contributed by atoms with Gasteiger partial charge in [-0.1, -0.05) is 24.4 Å². The summed E-state index contributed by atoms with van der Waals surface area (Å²) in [5, 5.41) is 3.38. The van der Waals surface area contributed by atoms with E-state index in [4.69, 9.17) is 11.6 Å². The third kappa shape index (κ3) is 3.20. The van der Waals surface area contributed by atoms with E-state index in [1.54, 1.807) is 12.1 Å². The molecule has 1 N–H and O–H groups in total.